The summed E-state index contributed by atoms with van der Waals surface area (Å²) < 4.78 is 4.98. The lowest BCUT2D eigenvalue weighted by molar-refractivity contribution is 0.381. The van der Waals surface area contributed by atoms with Gasteiger partial charge in [-0.3, -0.25) is 5.01 Å². The molecule has 58 valence electrons. The fourth-order valence-corrected chi connectivity index (χ4v) is 1.25. The Morgan fingerprint density at radius 2 is 2.64 bits per heavy atom. The maximum absolute atomic E-state index is 4.98. The Hall–Kier alpha value is -1.25. The Kier molecular flexibility index (Phi) is 1.42. The maximum atomic E-state index is 4.98. The van der Waals surface area contributed by atoms with E-state index in [1.54, 1.807) is 12.5 Å². The molecule has 2 heterocycles. The van der Waals surface area contributed by atoms with Crippen molar-refractivity contribution in [3.8, 4) is 0 Å². The van der Waals surface area contributed by atoms with E-state index in [1.807, 2.05) is 24.3 Å². The Labute approximate surface area is 65.3 Å². The van der Waals surface area contributed by atoms with Crippen LogP contribution in [0.2, 0.25) is 0 Å². The van der Waals surface area contributed by atoms with Gasteiger partial charge in [0, 0.05) is 31.3 Å². The second kappa shape index (κ2) is 2.42. The van der Waals surface area contributed by atoms with Crippen LogP contribution in [-0.4, -0.2) is 24.8 Å². The molecule has 0 amide bonds. The number of nitrogens with zero attached hydrogens (tertiary/aromatic N) is 2. The third-order valence-electron chi connectivity index (χ3n) is 1.88. The van der Waals surface area contributed by atoms with Crippen molar-refractivity contribution in [1.29, 1.82) is 0 Å². The zero-order valence-electron chi connectivity index (χ0n) is 6.40. The van der Waals surface area contributed by atoms with Crippen LogP contribution in [0.25, 0.3) is 0 Å². The summed E-state index contributed by atoms with van der Waals surface area (Å²) in [6.45, 7) is 0.958. The monoisotopic (exact) mass is 150 g/mol. The molecule has 1 aliphatic heterocycles. The Morgan fingerprint density at radius 3 is 3.18 bits per heavy atom. The highest BCUT2D eigenvalue weighted by atomic mass is 16.3. The highest BCUT2D eigenvalue weighted by Crippen LogP contribution is 2.19. The first kappa shape index (κ1) is 6.46. The minimum atomic E-state index is 0.416. The summed E-state index contributed by atoms with van der Waals surface area (Å²) in [5.74, 6) is 0.416. The van der Waals surface area contributed by atoms with Crippen LogP contribution in [0.5, 0.6) is 0 Å². The molecule has 0 aromatic carbocycles. The lowest BCUT2D eigenvalue weighted by Gasteiger charge is -2.07. The van der Waals surface area contributed by atoms with E-state index < -0.39 is 0 Å². The van der Waals surface area contributed by atoms with Crippen LogP contribution in [0.1, 0.15) is 11.5 Å². The van der Waals surface area contributed by atoms with E-state index in [1.165, 1.54) is 5.56 Å². The third-order valence-corrected chi connectivity index (χ3v) is 1.88. The topological polar surface area (TPSA) is 28.7 Å². The Balaban J connectivity index is 2.15. The van der Waals surface area contributed by atoms with Gasteiger partial charge in [0.05, 0.1) is 12.5 Å². The van der Waals surface area contributed by atoms with Gasteiger partial charge in [0.2, 0.25) is 0 Å². The van der Waals surface area contributed by atoms with Crippen LogP contribution < -0.4 is 0 Å². The van der Waals surface area contributed by atoms with E-state index in [-0.39, 0.29) is 0 Å². The highest BCUT2D eigenvalue weighted by molar-refractivity contribution is 5.69. The van der Waals surface area contributed by atoms with E-state index in [0.717, 1.165) is 6.54 Å². The Bertz CT molecular complexity index is 253. The number of furan rings is 1. The summed E-state index contributed by atoms with van der Waals surface area (Å²) in [7, 11) is 1.97. The van der Waals surface area contributed by atoms with Crippen molar-refractivity contribution in [2.24, 2.45) is 5.10 Å². The van der Waals surface area contributed by atoms with Crippen molar-refractivity contribution >= 4 is 6.21 Å². The molecule has 0 radical (unpaired) electrons. The van der Waals surface area contributed by atoms with Crippen molar-refractivity contribution < 1.29 is 4.42 Å². The predicted octanol–water partition coefficient (Wildman–Crippen LogP) is 1.29. The number of rotatable bonds is 1. The van der Waals surface area contributed by atoms with Crippen molar-refractivity contribution in [1.82, 2.24) is 5.01 Å². The molecule has 1 aromatic heterocycles. The van der Waals surface area contributed by atoms with Crippen LogP contribution in [0.4, 0.5) is 0 Å². The zero-order valence-corrected chi connectivity index (χ0v) is 6.40. The normalized spacial score (nSPS) is 23.0. The summed E-state index contributed by atoms with van der Waals surface area (Å²) in [6.07, 6.45) is 5.42. The van der Waals surface area contributed by atoms with Crippen molar-refractivity contribution in [3.63, 3.8) is 0 Å². The van der Waals surface area contributed by atoms with Crippen LogP contribution in [-0.2, 0) is 0 Å². The lowest BCUT2D eigenvalue weighted by atomic mass is 10.1. The van der Waals surface area contributed by atoms with E-state index in [9.17, 15) is 0 Å². The standard InChI is InChI=1S/C8H10N2O/c1-10-5-8(4-9-10)7-2-3-11-6-7/h2-4,6,8H,5H2,1H3. The van der Waals surface area contributed by atoms with Crippen LogP contribution in [0.3, 0.4) is 0 Å². The molecule has 0 bridgehead atoms. The minimum absolute atomic E-state index is 0.416. The number of hydrazone groups is 1. The molecule has 1 atom stereocenters. The number of likely N-dealkylation sites (N-methyl/N-ethyl adjacent to an activating group) is 1. The van der Waals surface area contributed by atoms with Gasteiger partial charge in [-0.15, -0.1) is 0 Å². The summed E-state index contributed by atoms with van der Waals surface area (Å²) in [4.78, 5) is 0. The van der Waals surface area contributed by atoms with Gasteiger partial charge < -0.3 is 4.42 Å². The van der Waals surface area contributed by atoms with Gasteiger partial charge in [-0.05, 0) is 6.07 Å². The zero-order chi connectivity index (χ0) is 7.68. The van der Waals surface area contributed by atoms with Crippen LogP contribution in [0, 0.1) is 0 Å². The third kappa shape index (κ3) is 1.13. The quantitative estimate of drug-likeness (QED) is 0.603. The molecule has 3 nitrogen and oxygen atoms in total. The van der Waals surface area contributed by atoms with Crippen molar-refractivity contribution in [3.05, 3.63) is 24.2 Å². The van der Waals surface area contributed by atoms with Gasteiger partial charge in [-0.25, -0.2) is 0 Å². The van der Waals surface area contributed by atoms with Crippen molar-refractivity contribution in [2.75, 3.05) is 13.6 Å². The molecule has 3 heteroatoms. The molecule has 0 aliphatic carbocycles. The smallest absolute Gasteiger partial charge is 0.0941 e. The highest BCUT2D eigenvalue weighted by Gasteiger charge is 2.16. The van der Waals surface area contributed by atoms with Gasteiger partial charge in [-0.2, -0.15) is 5.10 Å². The molecule has 0 N–H and O–H groups in total. The molecule has 0 saturated heterocycles. The number of hydrogen-bond acceptors (Lipinski definition) is 3. The van der Waals surface area contributed by atoms with Crippen LogP contribution in [0.15, 0.2) is 28.1 Å². The largest absolute Gasteiger partial charge is 0.472 e. The molecule has 11 heavy (non-hydrogen) atoms. The van der Waals surface area contributed by atoms with E-state index >= 15 is 0 Å². The summed E-state index contributed by atoms with van der Waals surface area (Å²) >= 11 is 0. The SMILES string of the molecule is CN1CC(c2ccoc2)C=N1. The van der Waals surface area contributed by atoms with E-state index in [4.69, 9.17) is 4.42 Å². The van der Waals surface area contributed by atoms with Gasteiger partial charge >= 0.3 is 0 Å². The first-order chi connectivity index (χ1) is 5.36. The molecule has 0 fully saturated rings. The van der Waals surface area contributed by atoms with E-state index in [0.29, 0.717) is 5.92 Å². The average molecular weight is 150 g/mol. The summed E-state index contributed by atoms with van der Waals surface area (Å²) in [5.41, 5.74) is 1.21. The summed E-state index contributed by atoms with van der Waals surface area (Å²) in [5, 5.41) is 6.07. The predicted molar refractivity (Wildman–Crippen MR) is 42.6 cm³/mol. The second-order valence-electron chi connectivity index (χ2n) is 2.77. The summed E-state index contributed by atoms with van der Waals surface area (Å²) in [6, 6.07) is 1.98. The number of hydrogen-bond donors (Lipinski definition) is 0. The Morgan fingerprint density at radius 1 is 1.73 bits per heavy atom. The first-order valence-electron chi connectivity index (χ1n) is 3.63. The molecule has 1 aromatic rings. The van der Waals surface area contributed by atoms with Gasteiger partial charge in [-0.1, -0.05) is 0 Å². The second-order valence-corrected chi connectivity index (χ2v) is 2.77. The van der Waals surface area contributed by atoms with Gasteiger partial charge in [0.15, 0.2) is 0 Å². The van der Waals surface area contributed by atoms with E-state index in [2.05, 4.69) is 5.10 Å². The molecular weight excluding hydrogens is 140 g/mol. The fraction of sp³-hybridized carbons (Fsp3) is 0.375. The van der Waals surface area contributed by atoms with Gasteiger partial charge in [0.25, 0.3) is 0 Å². The molecule has 0 spiro atoms. The minimum Gasteiger partial charge on any atom is -0.472 e. The molecule has 1 unspecified atom stereocenters. The van der Waals surface area contributed by atoms with Crippen molar-refractivity contribution in [2.45, 2.75) is 5.92 Å². The fourth-order valence-electron chi connectivity index (χ4n) is 1.25. The average Bonchev–Trinajstić information content (AvgIpc) is 2.55. The molecule has 2 rings (SSSR count). The first-order valence-corrected chi connectivity index (χ1v) is 3.63. The maximum Gasteiger partial charge on any atom is 0.0941 e. The lowest BCUT2D eigenvalue weighted by Crippen LogP contribution is -2.11. The van der Waals surface area contributed by atoms with Crippen LogP contribution >= 0.6 is 0 Å². The molecule has 1 aliphatic rings. The van der Waals surface area contributed by atoms with Gasteiger partial charge in [0.1, 0.15) is 0 Å². The molecular formula is C8H10N2O. The molecule has 0 saturated carbocycles.